The lowest BCUT2D eigenvalue weighted by molar-refractivity contribution is -0.117. The van der Waals surface area contributed by atoms with Gasteiger partial charge in [0.25, 0.3) is 0 Å². The van der Waals surface area contributed by atoms with Crippen LogP contribution < -0.4 is 15.4 Å². The van der Waals surface area contributed by atoms with E-state index in [1.165, 1.54) is 18.2 Å². The zero-order valence-corrected chi connectivity index (χ0v) is 18.3. The third-order valence-corrected chi connectivity index (χ3v) is 6.06. The first-order chi connectivity index (χ1) is 15.1. The molecule has 7 nitrogen and oxygen atoms in total. The van der Waals surface area contributed by atoms with Gasteiger partial charge >= 0.3 is 0 Å². The summed E-state index contributed by atoms with van der Waals surface area (Å²) in [6.45, 7) is 1.97. The molecule has 31 heavy (non-hydrogen) atoms. The van der Waals surface area contributed by atoms with E-state index < -0.39 is 5.91 Å². The molecule has 0 aliphatic carbocycles. The Morgan fingerprint density at radius 2 is 1.90 bits per heavy atom. The van der Waals surface area contributed by atoms with Crippen LogP contribution in [0.5, 0.6) is 5.75 Å². The monoisotopic (exact) mass is 435 g/mol. The Labute approximate surface area is 186 Å². The van der Waals surface area contributed by atoms with E-state index >= 15 is 0 Å². The predicted molar refractivity (Wildman–Crippen MR) is 121 cm³/mol. The Morgan fingerprint density at radius 1 is 1.13 bits per heavy atom. The van der Waals surface area contributed by atoms with Crippen LogP contribution in [0.3, 0.4) is 0 Å². The van der Waals surface area contributed by atoms with Crippen molar-refractivity contribution in [3.63, 3.8) is 0 Å². The number of hydrogen-bond donors (Lipinski definition) is 1. The molecule has 0 saturated carbocycles. The summed E-state index contributed by atoms with van der Waals surface area (Å²) in [6.07, 6.45) is 6.89. The lowest BCUT2D eigenvalue weighted by Gasteiger charge is -2.29. The summed E-state index contributed by atoms with van der Waals surface area (Å²) >= 11 is 1.47. The van der Waals surface area contributed by atoms with Gasteiger partial charge in [-0.2, -0.15) is 0 Å². The molecule has 0 spiro atoms. The topological polar surface area (TPSA) is 94.2 Å². The second-order valence-corrected chi connectivity index (χ2v) is 8.43. The van der Waals surface area contributed by atoms with Crippen LogP contribution in [-0.2, 0) is 11.2 Å². The van der Waals surface area contributed by atoms with Crippen LogP contribution >= 0.6 is 11.8 Å². The van der Waals surface area contributed by atoms with Gasteiger partial charge in [-0.25, -0.2) is 9.97 Å². The van der Waals surface area contributed by atoms with Gasteiger partial charge in [0.05, 0.1) is 37.3 Å². The number of rotatable bonds is 7. The Hall–Kier alpha value is -3.13. The van der Waals surface area contributed by atoms with Gasteiger partial charge in [0.15, 0.2) is 11.6 Å². The Bertz CT molecular complexity index is 1040. The van der Waals surface area contributed by atoms with Gasteiger partial charge in [-0.05, 0) is 19.3 Å². The number of hydrogen-bond acceptors (Lipinski definition) is 7. The van der Waals surface area contributed by atoms with Crippen molar-refractivity contribution >= 4 is 23.5 Å². The number of methoxy groups -OCH3 is 1. The third kappa shape index (κ3) is 5.14. The number of carbonyl (C=O) groups excluding carboxylic acids is 1. The molecule has 0 bridgehead atoms. The summed E-state index contributed by atoms with van der Waals surface area (Å²) in [7, 11) is 1.68. The largest absolute Gasteiger partial charge is 0.493 e. The molecular formula is C23H25N5O2S. The van der Waals surface area contributed by atoms with Crippen LogP contribution in [0.1, 0.15) is 25.0 Å². The average Bonchev–Trinajstić information content (AvgIpc) is 2.81. The summed E-state index contributed by atoms with van der Waals surface area (Å²) in [6, 6.07) is 12.2. The fraction of sp³-hybridized carbons (Fsp3) is 0.304. The van der Waals surface area contributed by atoms with E-state index in [9.17, 15) is 4.79 Å². The number of pyridine rings is 1. The molecule has 2 N–H and O–H groups in total. The quantitative estimate of drug-likeness (QED) is 0.604. The average molecular weight is 436 g/mol. The van der Waals surface area contributed by atoms with Crippen molar-refractivity contribution in [1.29, 1.82) is 0 Å². The summed E-state index contributed by atoms with van der Waals surface area (Å²) in [5.74, 6) is 1.21. The zero-order valence-electron chi connectivity index (χ0n) is 17.5. The fourth-order valence-corrected chi connectivity index (χ4v) is 4.47. The van der Waals surface area contributed by atoms with Crippen molar-refractivity contribution in [2.45, 2.75) is 35.6 Å². The molecule has 8 heteroatoms. The van der Waals surface area contributed by atoms with Gasteiger partial charge in [-0.1, -0.05) is 42.1 Å². The molecular weight excluding hydrogens is 410 g/mol. The Balaban J connectivity index is 1.72. The van der Waals surface area contributed by atoms with Gasteiger partial charge in [-0.15, -0.1) is 0 Å². The molecule has 1 saturated heterocycles. The van der Waals surface area contributed by atoms with E-state index in [1.54, 1.807) is 19.5 Å². The lowest BCUT2D eigenvalue weighted by atomic mass is 10.1. The summed E-state index contributed by atoms with van der Waals surface area (Å²) in [5.41, 5.74) is 7.71. The van der Waals surface area contributed by atoms with Crippen molar-refractivity contribution in [3.05, 3.63) is 54.5 Å². The van der Waals surface area contributed by atoms with Gasteiger partial charge in [0.1, 0.15) is 5.03 Å². The summed E-state index contributed by atoms with van der Waals surface area (Å²) < 4.78 is 5.73. The first kappa shape index (κ1) is 21.1. The fourth-order valence-electron chi connectivity index (χ4n) is 3.61. The molecule has 1 amide bonds. The minimum atomic E-state index is -0.427. The highest BCUT2D eigenvalue weighted by atomic mass is 32.2. The van der Waals surface area contributed by atoms with Crippen molar-refractivity contribution in [3.8, 4) is 17.0 Å². The van der Waals surface area contributed by atoms with Crippen molar-refractivity contribution < 1.29 is 9.53 Å². The minimum absolute atomic E-state index is 0.0765. The number of nitrogens with two attached hydrogens (primary N) is 1. The summed E-state index contributed by atoms with van der Waals surface area (Å²) in [5, 5.41) is 0.708. The molecule has 0 unspecified atom stereocenters. The van der Waals surface area contributed by atoms with Gasteiger partial charge in [-0.3, -0.25) is 9.78 Å². The predicted octanol–water partition coefficient (Wildman–Crippen LogP) is 3.72. The molecule has 3 aromatic rings. The molecule has 0 atom stereocenters. The lowest BCUT2D eigenvalue weighted by Crippen LogP contribution is -2.30. The van der Waals surface area contributed by atoms with Crippen LogP contribution in [0.4, 0.5) is 5.82 Å². The highest BCUT2D eigenvalue weighted by Gasteiger charge is 2.21. The number of carbonyl (C=O) groups is 1. The van der Waals surface area contributed by atoms with Crippen molar-refractivity contribution in [2.75, 3.05) is 25.1 Å². The van der Waals surface area contributed by atoms with Gasteiger partial charge in [0, 0.05) is 29.6 Å². The van der Waals surface area contributed by atoms with Crippen LogP contribution in [-0.4, -0.2) is 41.1 Å². The molecule has 0 radical (unpaired) electrons. The van der Waals surface area contributed by atoms with Gasteiger partial charge in [0.2, 0.25) is 5.91 Å². The first-order valence-corrected chi connectivity index (χ1v) is 11.1. The van der Waals surface area contributed by atoms with E-state index in [4.69, 9.17) is 15.5 Å². The Kier molecular flexibility index (Phi) is 6.66. The second-order valence-electron chi connectivity index (χ2n) is 7.37. The maximum absolute atomic E-state index is 11.1. The Morgan fingerprint density at radius 3 is 2.55 bits per heavy atom. The first-order valence-electron chi connectivity index (χ1n) is 10.3. The van der Waals surface area contributed by atoms with E-state index in [2.05, 4.69) is 27.0 Å². The molecule has 1 aliphatic rings. The minimum Gasteiger partial charge on any atom is -0.493 e. The molecule has 1 aromatic carbocycles. The SMILES string of the molecule is COc1cc(Sc2cnc(CC(N)=O)cn2)c(-c2ccccc2)nc1N1CCCCC1. The smallest absolute Gasteiger partial charge is 0.223 e. The number of piperidine rings is 1. The number of nitrogens with zero attached hydrogens (tertiary/aromatic N) is 4. The van der Waals surface area contributed by atoms with E-state index in [0.29, 0.717) is 10.7 Å². The highest BCUT2D eigenvalue weighted by molar-refractivity contribution is 7.99. The molecule has 1 aliphatic heterocycles. The second kappa shape index (κ2) is 9.78. The number of benzene rings is 1. The standard InChI is InChI=1S/C23H25N5O2S/c1-30-18-13-19(31-21-15-25-17(14-26-21)12-20(24)29)22(16-8-4-2-5-9-16)27-23(18)28-10-6-3-7-11-28/h2,4-5,8-9,13-15H,3,6-7,10-12H2,1H3,(H2,24,29). The number of amides is 1. The molecule has 4 rings (SSSR count). The number of aromatic nitrogens is 3. The maximum atomic E-state index is 11.1. The maximum Gasteiger partial charge on any atom is 0.223 e. The zero-order chi connectivity index (χ0) is 21.6. The molecule has 160 valence electrons. The number of anilines is 1. The molecule has 1 fully saturated rings. The number of primary amides is 1. The van der Waals surface area contributed by atoms with Crippen molar-refractivity contribution in [1.82, 2.24) is 15.0 Å². The van der Waals surface area contributed by atoms with E-state index in [1.807, 2.05) is 24.3 Å². The third-order valence-electron chi connectivity index (χ3n) is 5.11. The van der Waals surface area contributed by atoms with Crippen LogP contribution in [0, 0.1) is 0 Å². The van der Waals surface area contributed by atoms with E-state index in [-0.39, 0.29) is 6.42 Å². The summed E-state index contributed by atoms with van der Waals surface area (Å²) in [4.78, 5) is 28.2. The number of ether oxygens (including phenoxy) is 1. The molecule has 2 aromatic heterocycles. The molecule has 3 heterocycles. The van der Waals surface area contributed by atoms with Gasteiger partial charge < -0.3 is 15.4 Å². The highest BCUT2D eigenvalue weighted by Crippen LogP contribution is 2.40. The van der Waals surface area contributed by atoms with Crippen LogP contribution in [0.15, 0.2) is 58.7 Å². The normalized spacial score (nSPS) is 13.8. The van der Waals surface area contributed by atoms with E-state index in [0.717, 1.165) is 53.7 Å². The van der Waals surface area contributed by atoms with Crippen LogP contribution in [0.2, 0.25) is 0 Å². The van der Waals surface area contributed by atoms with Crippen LogP contribution in [0.25, 0.3) is 11.3 Å². The van der Waals surface area contributed by atoms with Crippen molar-refractivity contribution in [2.24, 2.45) is 5.73 Å².